The van der Waals surface area contributed by atoms with Crippen molar-refractivity contribution >= 4 is 11.9 Å². The maximum Gasteiger partial charge on any atom is 0.338 e. The van der Waals surface area contributed by atoms with Crippen molar-refractivity contribution in [3.8, 4) is 0 Å². The second-order valence-corrected chi connectivity index (χ2v) is 5.92. The molecule has 26 heavy (non-hydrogen) atoms. The summed E-state index contributed by atoms with van der Waals surface area (Å²) in [5.74, 6) is -1.14. The molecule has 0 saturated carbocycles. The van der Waals surface area contributed by atoms with Gasteiger partial charge in [0.2, 0.25) is 0 Å². The predicted octanol–water partition coefficient (Wildman–Crippen LogP) is 1.82. The van der Waals surface area contributed by atoms with Crippen LogP contribution in [0.2, 0.25) is 0 Å². The van der Waals surface area contributed by atoms with Gasteiger partial charge in [0.05, 0.1) is 30.9 Å². The van der Waals surface area contributed by atoms with E-state index in [2.05, 4.69) is 0 Å². The summed E-state index contributed by atoms with van der Waals surface area (Å²) in [6.07, 6.45) is 4.13. The second-order valence-electron chi connectivity index (χ2n) is 5.92. The van der Waals surface area contributed by atoms with Gasteiger partial charge in [-0.05, 0) is 62.3 Å². The Morgan fingerprint density at radius 1 is 0.692 bits per heavy atom. The topological polar surface area (TPSA) is 113 Å². The molecule has 0 aliphatic rings. The van der Waals surface area contributed by atoms with Crippen molar-refractivity contribution in [1.82, 2.24) is 0 Å². The summed E-state index contributed by atoms with van der Waals surface area (Å²) in [6.45, 7) is 0.365. The minimum absolute atomic E-state index is 0.109. The number of hydrogen-bond donors (Lipinski definition) is 3. The molecule has 0 saturated heterocycles. The van der Waals surface area contributed by atoms with Crippen LogP contribution in [0.1, 0.15) is 64.8 Å². The highest BCUT2D eigenvalue weighted by atomic mass is 16.5. The number of esters is 2. The lowest BCUT2D eigenvalue weighted by atomic mass is 10.1. The van der Waals surface area contributed by atoms with Gasteiger partial charge in [-0.2, -0.15) is 0 Å². The van der Waals surface area contributed by atoms with E-state index in [0.29, 0.717) is 31.2 Å². The van der Waals surface area contributed by atoms with Gasteiger partial charge < -0.3 is 24.8 Å². The summed E-state index contributed by atoms with van der Waals surface area (Å²) in [7, 11) is 0. The third-order valence-corrected chi connectivity index (χ3v) is 3.72. The molecule has 7 heteroatoms. The van der Waals surface area contributed by atoms with Crippen LogP contribution in [-0.2, 0) is 16.1 Å². The normalized spacial score (nSPS) is 10.6. The van der Waals surface area contributed by atoms with Gasteiger partial charge in [-0.25, -0.2) is 9.59 Å². The summed E-state index contributed by atoms with van der Waals surface area (Å²) in [4.78, 5) is 24.2. The molecule has 3 N–H and O–H groups in total. The molecule has 0 bridgehead atoms. The molecule has 1 aromatic rings. The number of carbonyl (C=O) groups excluding carboxylic acids is 2. The van der Waals surface area contributed by atoms with Gasteiger partial charge >= 0.3 is 11.9 Å². The summed E-state index contributed by atoms with van der Waals surface area (Å²) >= 11 is 0. The minimum Gasteiger partial charge on any atom is -0.462 e. The van der Waals surface area contributed by atoms with Gasteiger partial charge in [0.15, 0.2) is 0 Å². The van der Waals surface area contributed by atoms with Crippen LogP contribution in [0.15, 0.2) is 18.2 Å². The molecule has 0 fully saturated rings. The zero-order valence-electron chi connectivity index (χ0n) is 15.0. The average Bonchev–Trinajstić information content (AvgIpc) is 2.66. The Morgan fingerprint density at radius 3 is 1.54 bits per heavy atom. The summed E-state index contributed by atoms with van der Waals surface area (Å²) < 4.78 is 10.3. The second kappa shape index (κ2) is 13.3. The Hall–Kier alpha value is -1.96. The molecule has 146 valence electrons. The van der Waals surface area contributed by atoms with Gasteiger partial charge in [0, 0.05) is 13.2 Å². The highest BCUT2D eigenvalue weighted by Crippen LogP contribution is 2.14. The molecule has 0 unspecified atom stereocenters. The molecule has 0 spiro atoms. The molecule has 0 aliphatic carbocycles. The SMILES string of the molecule is O=C(OCCCCCO)c1cc(CO)cc(C(=O)OCCCCCO)c1. The lowest BCUT2D eigenvalue weighted by Gasteiger charge is -2.09. The van der Waals surface area contributed by atoms with E-state index < -0.39 is 11.9 Å². The molecule has 1 aromatic carbocycles. The molecule has 0 aromatic heterocycles. The number of ether oxygens (including phenoxy) is 2. The van der Waals surface area contributed by atoms with Gasteiger partial charge in [0.1, 0.15) is 0 Å². The van der Waals surface area contributed by atoms with E-state index in [-0.39, 0.29) is 44.2 Å². The number of carbonyl (C=O) groups is 2. The number of unbranched alkanes of at least 4 members (excludes halogenated alkanes) is 4. The third-order valence-electron chi connectivity index (χ3n) is 3.72. The van der Waals surface area contributed by atoms with Crippen LogP contribution in [0, 0.1) is 0 Å². The average molecular weight is 368 g/mol. The van der Waals surface area contributed by atoms with E-state index in [9.17, 15) is 14.7 Å². The smallest absolute Gasteiger partial charge is 0.338 e. The molecule has 0 atom stereocenters. The van der Waals surface area contributed by atoms with Gasteiger partial charge in [-0.15, -0.1) is 0 Å². The number of hydrogen-bond acceptors (Lipinski definition) is 7. The highest BCUT2D eigenvalue weighted by Gasteiger charge is 2.15. The van der Waals surface area contributed by atoms with Crippen LogP contribution in [0.5, 0.6) is 0 Å². The fourth-order valence-corrected chi connectivity index (χ4v) is 2.30. The number of benzene rings is 1. The maximum atomic E-state index is 12.1. The Bertz CT molecular complexity index is 513. The van der Waals surface area contributed by atoms with Crippen LogP contribution in [0.3, 0.4) is 0 Å². The third kappa shape index (κ3) is 8.42. The summed E-state index contributed by atoms with van der Waals surface area (Å²) in [6, 6.07) is 4.35. The standard InChI is InChI=1S/C19H28O7/c20-7-3-1-5-9-25-18(23)16-11-15(14-22)12-17(13-16)19(24)26-10-6-2-4-8-21/h11-13,20-22H,1-10,14H2. The number of rotatable bonds is 13. The Labute approximate surface area is 153 Å². The zero-order chi connectivity index (χ0) is 19.2. The van der Waals surface area contributed by atoms with E-state index >= 15 is 0 Å². The van der Waals surface area contributed by atoms with Crippen molar-refractivity contribution in [2.45, 2.75) is 45.1 Å². The maximum absolute atomic E-state index is 12.1. The number of aliphatic hydroxyl groups excluding tert-OH is 3. The van der Waals surface area contributed by atoms with Crippen LogP contribution < -0.4 is 0 Å². The van der Waals surface area contributed by atoms with E-state index in [1.54, 1.807) is 0 Å². The Balaban J connectivity index is 2.62. The molecule has 7 nitrogen and oxygen atoms in total. The van der Waals surface area contributed by atoms with E-state index in [4.69, 9.17) is 19.7 Å². The van der Waals surface area contributed by atoms with Crippen LogP contribution in [0.4, 0.5) is 0 Å². The van der Waals surface area contributed by atoms with E-state index in [0.717, 1.165) is 12.8 Å². The Morgan fingerprint density at radius 2 is 1.15 bits per heavy atom. The van der Waals surface area contributed by atoms with Gasteiger partial charge in [-0.1, -0.05) is 0 Å². The first-order valence-electron chi connectivity index (χ1n) is 8.93. The monoisotopic (exact) mass is 368 g/mol. The van der Waals surface area contributed by atoms with Crippen molar-refractivity contribution in [2.24, 2.45) is 0 Å². The van der Waals surface area contributed by atoms with Gasteiger partial charge in [-0.3, -0.25) is 0 Å². The zero-order valence-corrected chi connectivity index (χ0v) is 15.0. The summed E-state index contributed by atoms with van der Waals surface area (Å²) in [5, 5.41) is 26.8. The van der Waals surface area contributed by atoms with Gasteiger partial charge in [0.25, 0.3) is 0 Å². The van der Waals surface area contributed by atoms with Crippen molar-refractivity contribution in [1.29, 1.82) is 0 Å². The highest BCUT2D eigenvalue weighted by molar-refractivity contribution is 5.95. The predicted molar refractivity (Wildman–Crippen MR) is 94.8 cm³/mol. The van der Waals surface area contributed by atoms with E-state index in [1.165, 1.54) is 18.2 Å². The molecule has 0 amide bonds. The fraction of sp³-hybridized carbons (Fsp3) is 0.579. The molecule has 1 rings (SSSR count). The van der Waals surface area contributed by atoms with Crippen molar-refractivity contribution in [3.63, 3.8) is 0 Å². The largest absolute Gasteiger partial charge is 0.462 e. The van der Waals surface area contributed by atoms with Crippen molar-refractivity contribution in [3.05, 3.63) is 34.9 Å². The lowest BCUT2D eigenvalue weighted by Crippen LogP contribution is -2.11. The molecular formula is C19H28O7. The molecule has 0 heterocycles. The first kappa shape index (κ1) is 22.1. The molecular weight excluding hydrogens is 340 g/mol. The van der Waals surface area contributed by atoms with Crippen molar-refractivity contribution in [2.75, 3.05) is 26.4 Å². The lowest BCUT2D eigenvalue weighted by molar-refractivity contribution is 0.0495. The quantitative estimate of drug-likeness (QED) is 0.359. The summed E-state index contributed by atoms with van der Waals surface area (Å²) in [5.41, 5.74) is 0.795. The molecule has 0 radical (unpaired) electrons. The van der Waals surface area contributed by atoms with Crippen LogP contribution >= 0.6 is 0 Å². The minimum atomic E-state index is -0.568. The first-order valence-corrected chi connectivity index (χ1v) is 8.93. The van der Waals surface area contributed by atoms with Crippen molar-refractivity contribution < 1.29 is 34.4 Å². The van der Waals surface area contributed by atoms with E-state index in [1.807, 2.05) is 0 Å². The molecule has 0 aliphatic heterocycles. The fourth-order valence-electron chi connectivity index (χ4n) is 2.30. The van der Waals surface area contributed by atoms with Crippen LogP contribution in [-0.4, -0.2) is 53.7 Å². The number of aliphatic hydroxyl groups is 3. The Kier molecular flexibility index (Phi) is 11.3. The first-order chi connectivity index (χ1) is 12.6. The van der Waals surface area contributed by atoms with Crippen LogP contribution in [0.25, 0.3) is 0 Å².